The first-order valence-corrected chi connectivity index (χ1v) is 5.19. The maximum atomic E-state index is 4.16. The normalized spacial score (nSPS) is 10.9. The molecule has 14 heavy (non-hydrogen) atoms. The highest BCUT2D eigenvalue weighted by Crippen LogP contribution is 2.25. The van der Waals surface area contributed by atoms with Gasteiger partial charge in [-0.15, -0.1) is 0 Å². The van der Waals surface area contributed by atoms with Crippen LogP contribution in [0.15, 0.2) is 42.7 Å². The van der Waals surface area contributed by atoms with E-state index in [0.29, 0.717) is 0 Å². The van der Waals surface area contributed by atoms with E-state index >= 15 is 0 Å². The van der Waals surface area contributed by atoms with Gasteiger partial charge in [0.2, 0.25) is 0 Å². The predicted molar refractivity (Wildman–Crippen MR) is 59.4 cm³/mol. The van der Waals surface area contributed by atoms with Crippen molar-refractivity contribution < 1.29 is 0 Å². The van der Waals surface area contributed by atoms with E-state index in [0.717, 1.165) is 5.69 Å². The summed E-state index contributed by atoms with van der Waals surface area (Å²) in [7, 11) is 0. The molecule has 0 saturated heterocycles. The molecular formula is C11H8N2S. The van der Waals surface area contributed by atoms with Crippen molar-refractivity contribution in [1.29, 1.82) is 0 Å². The van der Waals surface area contributed by atoms with Gasteiger partial charge in [-0.2, -0.15) is 4.37 Å². The molecule has 0 aliphatic carbocycles. The van der Waals surface area contributed by atoms with Crippen molar-refractivity contribution in [3.63, 3.8) is 0 Å². The molecular weight excluding hydrogens is 192 g/mol. The van der Waals surface area contributed by atoms with Crippen molar-refractivity contribution in [2.75, 3.05) is 0 Å². The average Bonchev–Trinajstić information content (AvgIpc) is 2.88. The molecule has 2 nitrogen and oxygen atoms in total. The molecule has 0 radical (unpaired) electrons. The van der Waals surface area contributed by atoms with Gasteiger partial charge >= 0.3 is 0 Å². The minimum absolute atomic E-state index is 1.15. The van der Waals surface area contributed by atoms with Crippen LogP contribution in [0.25, 0.3) is 21.3 Å². The Balaban J connectivity index is 2.23. The van der Waals surface area contributed by atoms with Gasteiger partial charge in [0.1, 0.15) is 0 Å². The number of aromatic nitrogens is 2. The zero-order valence-electron chi connectivity index (χ0n) is 7.40. The van der Waals surface area contributed by atoms with E-state index in [1.54, 1.807) is 0 Å². The quantitative estimate of drug-likeness (QED) is 0.641. The van der Waals surface area contributed by atoms with E-state index in [2.05, 4.69) is 33.6 Å². The fraction of sp³-hybridized carbons (Fsp3) is 0. The van der Waals surface area contributed by atoms with Gasteiger partial charge < -0.3 is 4.98 Å². The van der Waals surface area contributed by atoms with Gasteiger partial charge in [0.25, 0.3) is 0 Å². The van der Waals surface area contributed by atoms with E-state index < -0.39 is 0 Å². The molecule has 0 aliphatic rings. The number of H-pyrrole nitrogens is 1. The molecule has 0 bridgehead atoms. The molecule has 0 aliphatic heterocycles. The van der Waals surface area contributed by atoms with Crippen LogP contribution in [0.1, 0.15) is 0 Å². The number of benzene rings is 1. The second-order valence-corrected chi connectivity index (χ2v) is 4.00. The average molecular weight is 200 g/mol. The van der Waals surface area contributed by atoms with Crippen LogP contribution in [-0.2, 0) is 0 Å². The van der Waals surface area contributed by atoms with Gasteiger partial charge in [0.05, 0.1) is 4.70 Å². The highest BCUT2D eigenvalue weighted by atomic mass is 32.1. The van der Waals surface area contributed by atoms with Gasteiger partial charge in [-0.3, -0.25) is 0 Å². The van der Waals surface area contributed by atoms with Crippen LogP contribution in [0.3, 0.4) is 0 Å². The fourth-order valence-corrected chi connectivity index (χ4v) is 2.22. The number of rotatable bonds is 1. The lowest BCUT2D eigenvalue weighted by Gasteiger charge is -1.96. The first kappa shape index (κ1) is 7.76. The molecule has 0 atom stereocenters. The molecule has 2 aromatic heterocycles. The molecule has 0 saturated carbocycles. The summed E-state index contributed by atoms with van der Waals surface area (Å²) >= 11 is 1.53. The highest BCUT2D eigenvalue weighted by molar-refractivity contribution is 7.13. The Labute approximate surface area is 85.4 Å². The van der Waals surface area contributed by atoms with Crippen LogP contribution in [-0.4, -0.2) is 9.36 Å². The lowest BCUT2D eigenvalue weighted by Crippen LogP contribution is -1.75. The van der Waals surface area contributed by atoms with Crippen LogP contribution >= 0.6 is 11.5 Å². The summed E-state index contributed by atoms with van der Waals surface area (Å²) in [6.07, 6.45) is 3.84. The third kappa shape index (κ3) is 1.14. The van der Waals surface area contributed by atoms with Crippen molar-refractivity contribution in [2.24, 2.45) is 0 Å². The Morgan fingerprint density at radius 1 is 1.21 bits per heavy atom. The van der Waals surface area contributed by atoms with Crippen molar-refractivity contribution in [3.05, 3.63) is 42.7 Å². The second kappa shape index (κ2) is 2.96. The van der Waals surface area contributed by atoms with E-state index in [4.69, 9.17) is 0 Å². The Hall–Kier alpha value is -1.61. The van der Waals surface area contributed by atoms with Gasteiger partial charge in [0, 0.05) is 23.5 Å². The summed E-state index contributed by atoms with van der Waals surface area (Å²) in [4.78, 5) is 3.19. The number of nitrogens with zero attached hydrogens (tertiary/aromatic N) is 1. The third-order valence-electron chi connectivity index (χ3n) is 2.27. The van der Waals surface area contributed by atoms with Gasteiger partial charge in [-0.1, -0.05) is 12.1 Å². The Kier molecular flexibility index (Phi) is 1.64. The number of fused-ring (bicyclic) bond motifs is 1. The number of nitrogens with one attached hydrogen (secondary N) is 1. The van der Waals surface area contributed by atoms with Crippen LogP contribution in [0, 0.1) is 0 Å². The van der Waals surface area contributed by atoms with Gasteiger partial charge in [-0.05, 0) is 35.3 Å². The zero-order chi connectivity index (χ0) is 9.38. The van der Waals surface area contributed by atoms with Crippen LogP contribution in [0.5, 0.6) is 0 Å². The molecule has 1 N–H and O–H groups in total. The predicted octanol–water partition coefficient (Wildman–Crippen LogP) is 3.29. The smallest absolute Gasteiger partial charge is 0.0556 e. The van der Waals surface area contributed by atoms with Crippen LogP contribution < -0.4 is 0 Å². The van der Waals surface area contributed by atoms with Crippen molar-refractivity contribution >= 4 is 21.6 Å². The maximum Gasteiger partial charge on any atom is 0.0556 e. The molecule has 1 aromatic carbocycles. The first-order chi connectivity index (χ1) is 6.93. The standard InChI is InChI=1S/C11H8N2S/c1-2-10(12-5-1)8-3-4-9-7-13-14-11(9)6-8/h1-7,12H. The lowest BCUT2D eigenvalue weighted by molar-refractivity contribution is 1.41. The fourth-order valence-electron chi connectivity index (χ4n) is 1.54. The minimum Gasteiger partial charge on any atom is -0.361 e. The van der Waals surface area contributed by atoms with Crippen molar-refractivity contribution in [2.45, 2.75) is 0 Å². The Bertz CT molecular complexity index is 551. The molecule has 0 fully saturated rings. The number of hydrogen-bond donors (Lipinski definition) is 1. The Morgan fingerprint density at radius 3 is 3.07 bits per heavy atom. The third-order valence-corrected chi connectivity index (χ3v) is 3.03. The maximum absolute atomic E-state index is 4.16. The minimum atomic E-state index is 1.15. The van der Waals surface area contributed by atoms with Gasteiger partial charge in [-0.25, -0.2) is 0 Å². The van der Waals surface area contributed by atoms with Crippen molar-refractivity contribution in [1.82, 2.24) is 9.36 Å². The van der Waals surface area contributed by atoms with E-state index in [9.17, 15) is 0 Å². The molecule has 68 valence electrons. The van der Waals surface area contributed by atoms with E-state index in [-0.39, 0.29) is 0 Å². The Morgan fingerprint density at radius 2 is 2.21 bits per heavy atom. The molecule has 2 heterocycles. The molecule has 0 amide bonds. The van der Waals surface area contributed by atoms with Crippen LogP contribution in [0.2, 0.25) is 0 Å². The molecule has 3 heteroatoms. The topological polar surface area (TPSA) is 28.7 Å². The highest BCUT2D eigenvalue weighted by Gasteiger charge is 2.00. The molecule has 0 unspecified atom stereocenters. The molecule has 0 spiro atoms. The van der Waals surface area contributed by atoms with E-state index in [1.165, 1.54) is 27.2 Å². The first-order valence-electron chi connectivity index (χ1n) is 4.42. The van der Waals surface area contributed by atoms with Crippen LogP contribution in [0.4, 0.5) is 0 Å². The summed E-state index contributed by atoms with van der Waals surface area (Å²) in [5, 5.41) is 1.21. The molecule has 3 rings (SSSR count). The second-order valence-electron chi connectivity index (χ2n) is 3.16. The summed E-state index contributed by atoms with van der Waals surface area (Å²) in [5.74, 6) is 0. The summed E-state index contributed by atoms with van der Waals surface area (Å²) < 4.78 is 5.39. The zero-order valence-corrected chi connectivity index (χ0v) is 8.21. The largest absolute Gasteiger partial charge is 0.361 e. The van der Waals surface area contributed by atoms with Crippen molar-refractivity contribution in [3.8, 4) is 11.3 Å². The summed E-state index contributed by atoms with van der Waals surface area (Å²) in [6.45, 7) is 0. The van der Waals surface area contributed by atoms with Gasteiger partial charge in [0.15, 0.2) is 0 Å². The SMILES string of the molecule is c1c[nH]c(-c2ccc3cnsc3c2)c1. The van der Waals surface area contributed by atoms with E-state index in [1.807, 2.05) is 18.5 Å². The number of aromatic amines is 1. The number of hydrogen-bond acceptors (Lipinski definition) is 2. The molecule has 3 aromatic rings. The lowest BCUT2D eigenvalue weighted by atomic mass is 10.1. The monoisotopic (exact) mass is 200 g/mol. The summed E-state index contributed by atoms with van der Waals surface area (Å²) in [6, 6.07) is 10.5. The summed E-state index contributed by atoms with van der Waals surface area (Å²) in [5.41, 5.74) is 2.37.